The summed E-state index contributed by atoms with van der Waals surface area (Å²) in [5, 5.41) is 22.2. The van der Waals surface area contributed by atoms with Gasteiger partial charge in [-0.05, 0) is 57.1 Å². The fourth-order valence-electron chi connectivity index (χ4n) is 4.68. The third-order valence-corrected chi connectivity index (χ3v) is 6.69. The van der Waals surface area contributed by atoms with Gasteiger partial charge in [-0.2, -0.15) is 5.10 Å². The number of oxazole rings is 1. The molecule has 2 aliphatic rings. The zero-order valence-corrected chi connectivity index (χ0v) is 19.3. The van der Waals surface area contributed by atoms with Crippen molar-refractivity contribution in [1.82, 2.24) is 24.9 Å². The minimum absolute atomic E-state index is 0.140. The van der Waals surface area contributed by atoms with Crippen LogP contribution in [-0.4, -0.2) is 56.9 Å². The van der Waals surface area contributed by atoms with E-state index in [1.807, 2.05) is 19.1 Å². The van der Waals surface area contributed by atoms with Gasteiger partial charge >= 0.3 is 0 Å². The molecule has 0 aromatic carbocycles. The first-order valence-corrected chi connectivity index (χ1v) is 11.7. The number of hydrogen-bond donors (Lipinski definition) is 3. The van der Waals surface area contributed by atoms with Crippen molar-refractivity contribution in [1.29, 1.82) is 0 Å². The number of aromatic nitrogens is 4. The number of fused-ring (bicyclic) bond motifs is 1. The summed E-state index contributed by atoms with van der Waals surface area (Å²) in [5.74, 6) is 0.293. The van der Waals surface area contributed by atoms with Crippen molar-refractivity contribution >= 4 is 17.1 Å². The largest absolute Gasteiger partial charge is 0.444 e. The van der Waals surface area contributed by atoms with Gasteiger partial charge in [-0.3, -0.25) is 9.78 Å². The average molecular weight is 475 g/mol. The first-order chi connectivity index (χ1) is 17.0. The molecule has 0 radical (unpaired) electrons. The molecule has 0 saturated carbocycles. The van der Waals surface area contributed by atoms with Crippen LogP contribution in [0.5, 0.6) is 0 Å². The second-order valence-electron chi connectivity index (χ2n) is 9.27. The number of piperidine rings is 1. The van der Waals surface area contributed by atoms with Gasteiger partial charge in [0.05, 0.1) is 30.1 Å². The molecule has 10 nitrogen and oxygen atoms in total. The van der Waals surface area contributed by atoms with E-state index >= 15 is 0 Å². The van der Waals surface area contributed by atoms with Gasteiger partial charge in [0.1, 0.15) is 11.9 Å². The Morgan fingerprint density at radius 1 is 1.26 bits per heavy atom. The van der Waals surface area contributed by atoms with E-state index in [2.05, 4.69) is 26.7 Å². The molecule has 4 aromatic rings. The third-order valence-electron chi connectivity index (χ3n) is 6.69. The number of ether oxygens (including phenoxy) is 1. The number of aryl methyl sites for hydroxylation is 1. The summed E-state index contributed by atoms with van der Waals surface area (Å²) in [4.78, 5) is 21.6. The monoisotopic (exact) mass is 474 g/mol. The molecule has 0 spiro atoms. The summed E-state index contributed by atoms with van der Waals surface area (Å²) in [6.45, 7) is 4.13. The predicted molar refractivity (Wildman–Crippen MR) is 127 cm³/mol. The van der Waals surface area contributed by atoms with Crippen LogP contribution in [0.3, 0.4) is 0 Å². The standard InChI is InChI=1S/C25H26N6O4/c1-15-8-17(4-7-27-15)24-29-22(12-35-24)23(32)28-21-10-18-9-20(16-2-5-26-6-3-16)30-31(18)11-19(21)25(33)13-34-14-25/h4,7-12,16,26,33H,2-3,5-6,13-14H2,1H3,(H,28,32). The minimum Gasteiger partial charge on any atom is -0.444 e. The summed E-state index contributed by atoms with van der Waals surface area (Å²) in [5.41, 5.74) is 3.42. The first-order valence-electron chi connectivity index (χ1n) is 11.7. The average Bonchev–Trinajstić information content (AvgIpc) is 3.50. The van der Waals surface area contributed by atoms with Gasteiger partial charge in [-0.1, -0.05) is 0 Å². The second kappa shape index (κ2) is 8.56. The normalized spacial score (nSPS) is 17.9. The van der Waals surface area contributed by atoms with Crippen LogP contribution in [0.1, 0.15) is 46.2 Å². The molecule has 4 aromatic heterocycles. The van der Waals surface area contributed by atoms with Gasteiger partial charge in [0.2, 0.25) is 5.89 Å². The first kappa shape index (κ1) is 21.9. The van der Waals surface area contributed by atoms with Gasteiger partial charge in [-0.25, -0.2) is 9.50 Å². The lowest BCUT2D eigenvalue weighted by molar-refractivity contribution is -0.184. The van der Waals surface area contributed by atoms with E-state index in [4.69, 9.17) is 14.3 Å². The molecule has 6 heterocycles. The van der Waals surface area contributed by atoms with E-state index < -0.39 is 11.5 Å². The Kier molecular flexibility index (Phi) is 5.36. The van der Waals surface area contributed by atoms with Gasteiger partial charge in [-0.15, -0.1) is 0 Å². The Bertz CT molecular complexity index is 1400. The van der Waals surface area contributed by atoms with Crippen LogP contribution < -0.4 is 10.6 Å². The summed E-state index contributed by atoms with van der Waals surface area (Å²) in [6.07, 6.45) is 6.84. The Morgan fingerprint density at radius 2 is 2.09 bits per heavy atom. The topological polar surface area (TPSA) is 127 Å². The van der Waals surface area contributed by atoms with E-state index in [0.29, 0.717) is 23.1 Å². The van der Waals surface area contributed by atoms with Crippen LogP contribution >= 0.6 is 0 Å². The number of carbonyl (C=O) groups is 1. The van der Waals surface area contributed by atoms with Crippen molar-refractivity contribution < 1.29 is 19.1 Å². The van der Waals surface area contributed by atoms with E-state index in [-0.39, 0.29) is 18.9 Å². The van der Waals surface area contributed by atoms with Crippen molar-refractivity contribution in [3.63, 3.8) is 0 Å². The summed E-state index contributed by atoms with van der Waals surface area (Å²) >= 11 is 0. The number of amides is 1. The predicted octanol–water partition coefficient (Wildman–Crippen LogP) is 2.63. The Hall–Kier alpha value is -3.60. The van der Waals surface area contributed by atoms with Gasteiger partial charge < -0.3 is 24.9 Å². The Labute approximate surface area is 201 Å². The highest BCUT2D eigenvalue weighted by Gasteiger charge is 2.41. The molecule has 10 heteroatoms. The molecular formula is C25H26N6O4. The number of anilines is 1. The lowest BCUT2D eigenvalue weighted by atomic mass is 9.91. The van der Waals surface area contributed by atoms with Gasteiger partial charge in [0.15, 0.2) is 5.69 Å². The maximum absolute atomic E-state index is 13.1. The molecule has 35 heavy (non-hydrogen) atoms. The zero-order chi connectivity index (χ0) is 24.0. The molecular weight excluding hydrogens is 448 g/mol. The molecule has 1 amide bonds. The molecule has 6 rings (SSSR count). The number of pyridine rings is 2. The van der Waals surface area contributed by atoms with Crippen LogP contribution in [-0.2, 0) is 10.3 Å². The van der Waals surface area contributed by atoms with Crippen LogP contribution in [0.15, 0.2) is 47.3 Å². The van der Waals surface area contributed by atoms with E-state index in [1.54, 1.807) is 23.0 Å². The van der Waals surface area contributed by atoms with E-state index in [9.17, 15) is 9.90 Å². The Morgan fingerprint density at radius 3 is 2.83 bits per heavy atom. The lowest BCUT2D eigenvalue weighted by Gasteiger charge is -2.37. The highest BCUT2D eigenvalue weighted by molar-refractivity contribution is 6.03. The van der Waals surface area contributed by atoms with Gasteiger partial charge in [0.25, 0.3) is 5.91 Å². The highest BCUT2D eigenvalue weighted by Crippen LogP contribution is 2.36. The zero-order valence-electron chi connectivity index (χ0n) is 19.3. The maximum Gasteiger partial charge on any atom is 0.277 e. The maximum atomic E-state index is 13.1. The molecule has 3 N–H and O–H groups in total. The molecule has 0 aliphatic carbocycles. The molecule has 2 fully saturated rings. The van der Waals surface area contributed by atoms with Crippen LogP contribution in [0.25, 0.3) is 17.0 Å². The van der Waals surface area contributed by atoms with Crippen LogP contribution in [0, 0.1) is 6.92 Å². The summed E-state index contributed by atoms with van der Waals surface area (Å²) < 4.78 is 12.6. The summed E-state index contributed by atoms with van der Waals surface area (Å²) in [6, 6.07) is 7.51. The van der Waals surface area contributed by atoms with Crippen LogP contribution in [0.2, 0.25) is 0 Å². The number of carbonyl (C=O) groups excluding carboxylic acids is 1. The third kappa shape index (κ3) is 4.09. The number of aliphatic hydroxyl groups is 1. The summed E-state index contributed by atoms with van der Waals surface area (Å²) in [7, 11) is 0. The van der Waals surface area contributed by atoms with E-state index in [0.717, 1.165) is 48.4 Å². The molecule has 2 saturated heterocycles. The lowest BCUT2D eigenvalue weighted by Crippen LogP contribution is -2.47. The van der Waals surface area contributed by atoms with Crippen molar-refractivity contribution in [2.45, 2.75) is 31.3 Å². The molecule has 180 valence electrons. The van der Waals surface area contributed by atoms with Crippen molar-refractivity contribution in [2.75, 3.05) is 31.6 Å². The van der Waals surface area contributed by atoms with Crippen molar-refractivity contribution in [3.8, 4) is 11.5 Å². The molecule has 0 atom stereocenters. The van der Waals surface area contributed by atoms with Crippen LogP contribution in [0.4, 0.5) is 5.69 Å². The Balaban J connectivity index is 1.32. The minimum atomic E-state index is -1.19. The smallest absolute Gasteiger partial charge is 0.277 e. The number of rotatable bonds is 5. The molecule has 0 bridgehead atoms. The number of nitrogens with one attached hydrogen (secondary N) is 2. The van der Waals surface area contributed by atoms with Gasteiger partial charge in [0, 0.05) is 35.1 Å². The molecule has 0 unspecified atom stereocenters. The SMILES string of the molecule is Cc1cc(-c2nc(C(=O)Nc3cc4cc(C5CCNCC5)nn4cc3C3(O)COC3)co2)ccn1. The number of hydrogen-bond acceptors (Lipinski definition) is 8. The van der Waals surface area contributed by atoms with Crippen molar-refractivity contribution in [3.05, 3.63) is 65.6 Å². The fraction of sp³-hybridized carbons (Fsp3) is 0.360. The molecule has 2 aliphatic heterocycles. The quantitative estimate of drug-likeness (QED) is 0.403. The fourth-order valence-corrected chi connectivity index (χ4v) is 4.68. The second-order valence-corrected chi connectivity index (χ2v) is 9.27. The number of nitrogens with zero attached hydrogens (tertiary/aromatic N) is 4. The highest BCUT2D eigenvalue weighted by atomic mass is 16.5. The van der Waals surface area contributed by atoms with Crippen molar-refractivity contribution in [2.24, 2.45) is 0 Å². The van der Waals surface area contributed by atoms with E-state index in [1.165, 1.54) is 6.26 Å².